The van der Waals surface area contributed by atoms with Gasteiger partial charge in [-0.25, -0.2) is 4.79 Å². The van der Waals surface area contributed by atoms with Gasteiger partial charge in [0.2, 0.25) is 0 Å². The van der Waals surface area contributed by atoms with Crippen molar-refractivity contribution in [3.05, 3.63) is 56.5 Å². The molecule has 100 valence electrons. The number of carbonyl (C=O) groups is 1. The molecule has 1 N–H and O–H groups in total. The minimum atomic E-state index is -0.965. The monoisotopic (exact) mass is 411 g/mol. The molecule has 0 aliphatic carbocycles. The Morgan fingerprint density at radius 2 is 1.95 bits per heavy atom. The summed E-state index contributed by atoms with van der Waals surface area (Å²) in [7, 11) is 0. The molecule has 20 heavy (non-hydrogen) atoms. The molecule has 0 aliphatic rings. The van der Waals surface area contributed by atoms with Crippen LogP contribution < -0.4 is 0 Å². The normalized spacial score (nSPS) is 10.1. The minimum Gasteiger partial charge on any atom is -0.478 e. The van der Waals surface area contributed by atoms with Crippen molar-refractivity contribution < 1.29 is 9.90 Å². The van der Waals surface area contributed by atoms with E-state index in [1.807, 2.05) is 0 Å². The van der Waals surface area contributed by atoms with Crippen molar-refractivity contribution in [2.24, 2.45) is 0 Å². The fourth-order valence-corrected chi connectivity index (χ4v) is 3.68. The number of hydrogen-bond donors (Lipinski definition) is 1. The second kappa shape index (κ2) is 6.44. The van der Waals surface area contributed by atoms with E-state index in [0.717, 1.165) is 9.37 Å². The quantitative estimate of drug-likeness (QED) is 0.775. The van der Waals surface area contributed by atoms with Crippen LogP contribution in [0.2, 0.25) is 0 Å². The molecule has 0 bridgehead atoms. The Morgan fingerprint density at radius 1 is 1.20 bits per heavy atom. The second-order valence-corrected chi connectivity index (χ2v) is 6.69. The minimum absolute atomic E-state index is 0.249. The predicted octanol–water partition coefficient (Wildman–Crippen LogP) is 4.93. The molecule has 0 atom stereocenters. The lowest BCUT2D eigenvalue weighted by molar-refractivity contribution is 0.0693. The molecule has 3 nitrogen and oxygen atoms in total. The molecule has 0 saturated carbocycles. The van der Waals surface area contributed by atoms with Crippen molar-refractivity contribution in [3.8, 4) is 6.07 Å². The highest BCUT2D eigenvalue weighted by atomic mass is 79.9. The van der Waals surface area contributed by atoms with Gasteiger partial charge in [0.25, 0.3) is 0 Å². The SMILES string of the molecule is N#Cc1ccc(Sc2cc(Br)ccc2C(=O)O)cc1Br. The van der Waals surface area contributed by atoms with Crippen LogP contribution >= 0.6 is 43.6 Å². The molecule has 0 saturated heterocycles. The van der Waals surface area contributed by atoms with Crippen LogP contribution in [0.15, 0.2) is 55.1 Å². The number of carboxylic acids is 1. The maximum Gasteiger partial charge on any atom is 0.336 e. The van der Waals surface area contributed by atoms with E-state index in [1.165, 1.54) is 11.8 Å². The number of nitrogens with zero attached hydrogens (tertiary/aromatic N) is 1. The van der Waals surface area contributed by atoms with E-state index >= 15 is 0 Å². The van der Waals surface area contributed by atoms with Crippen molar-refractivity contribution >= 4 is 49.6 Å². The molecule has 0 heterocycles. The van der Waals surface area contributed by atoms with Gasteiger partial charge in [-0.05, 0) is 52.3 Å². The summed E-state index contributed by atoms with van der Waals surface area (Å²) >= 11 is 8.00. The van der Waals surface area contributed by atoms with E-state index in [0.29, 0.717) is 14.9 Å². The molecule has 0 radical (unpaired) electrons. The number of halogens is 2. The van der Waals surface area contributed by atoms with Crippen LogP contribution in [0, 0.1) is 11.3 Å². The fraction of sp³-hybridized carbons (Fsp3) is 0. The van der Waals surface area contributed by atoms with Gasteiger partial charge in [0.15, 0.2) is 0 Å². The van der Waals surface area contributed by atoms with Crippen LogP contribution in [0.25, 0.3) is 0 Å². The highest BCUT2D eigenvalue weighted by Gasteiger charge is 2.12. The van der Waals surface area contributed by atoms with E-state index in [-0.39, 0.29) is 5.56 Å². The Labute approximate surface area is 136 Å². The summed E-state index contributed by atoms with van der Waals surface area (Å²) in [6.07, 6.45) is 0. The number of nitriles is 1. The van der Waals surface area contributed by atoms with Crippen molar-refractivity contribution in [2.45, 2.75) is 9.79 Å². The topological polar surface area (TPSA) is 61.1 Å². The second-order valence-electron chi connectivity index (χ2n) is 3.80. The van der Waals surface area contributed by atoms with E-state index < -0.39 is 5.97 Å². The van der Waals surface area contributed by atoms with Gasteiger partial charge in [-0.15, -0.1) is 0 Å². The molecule has 0 aliphatic heterocycles. The van der Waals surface area contributed by atoms with E-state index in [4.69, 9.17) is 5.26 Å². The van der Waals surface area contributed by atoms with Crippen LogP contribution in [0.5, 0.6) is 0 Å². The highest BCUT2D eigenvalue weighted by Crippen LogP contribution is 2.34. The van der Waals surface area contributed by atoms with Crippen molar-refractivity contribution in [1.82, 2.24) is 0 Å². The lowest BCUT2D eigenvalue weighted by Gasteiger charge is -2.07. The van der Waals surface area contributed by atoms with Crippen LogP contribution in [0.4, 0.5) is 0 Å². The third kappa shape index (κ3) is 3.42. The number of carboxylic acid groups (broad SMARTS) is 1. The Kier molecular flexibility index (Phi) is 4.86. The summed E-state index contributed by atoms with van der Waals surface area (Å²) in [5.74, 6) is -0.965. The Hall–Kier alpha value is -1.29. The van der Waals surface area contributed by atoms with Crippen LogP contribution in [-0.4, -0.2) is 11.1 Å². The number of aromatic carboxylic acids is 1. The van der Waals surface area contributed by atoms with Crippen LogP contribution in [0.3, 0.4) is 0 Å². The van der Waals surface area contributed by atoms with Gasteiger partial charge in [0, 0.05) is 18.7 Å². The van der Waals surface area contributed by atoms with Crippen LogP contribution in [0.1, 0.15) is 15.9 Å². The first-order valence-electron chi connectivity index (χ1n) is 5.41. The van der Waals surface area contributed by atoms with Gasteiger partial charge in [0.05, 0.1) is 11.1 Å². The zero-order valence-electron chi connectivity index (χ0n) is 9.93. The fourth-order valence-electron chi connectivity index (χ4n) is 1.53. The maximum atomic E-state index is 11.2. The zero-order valence-corrected chi connectivity index (χ0v) is 13.9. The van der Waals surface area contributed by atoms with Crippen molar-refractivity contribution in [3.63, 3.8) is 0 Å². The van der Waals surface area contributed by atoms with Gasteiger partial charge in [0.1, 0.15) is 6.07 Å². The lowest BCUT2D eigenvalue weighted by atomic mass is 10.2. The highest BCUT2D eigenvalue weighted by molar-refractivity contribution is 9.10. The van der Waals surface area contributed by atoms with Gasteiger partial charge < -0.3 is 5.11 Å². The molecule has 0 unspecified atom stereocenters. The molecular weight excluding hydrogens is 406 g/mol. The summed E-state index contributed by atoms with van der Waals surface area (Å²) in [6, 6.07) is 12.4. The summed E-state index contributed by atoms with van der Waals surface area (Å²) in [6.45, 7) is 0. The maximum absolute atomic E-state index is 11.2. The average Bonchev–Trinajstić information content (AvgIpc) is 2.38. The standard InChI is InChI=1S/C14H7Br2NO2S/c15-9-2-4-11(14(18)19)13(5-9)20-10-3-1-8(7-17)12(16)6-10/h1-6H,(H,18,19). The first-order valence-corrected chi connectivity index (χ1v) is 7.82. The van der Waals surface area contributed by atoms with E-state index in [1.54, 1.807) is 36.4 Å². The Balaban J connectivity index is 2.39. The number of rotatable bonds is 3. The summed E-state index contributed by atoms with van der Waals surface area (Å²) < 4.78 is 1.51. The van der Waals surface area contributed by atoms with E-state index in [9.17, 15) is 9.90 Å². The Bertz CT molecular complexity index is 726. The molecule has 6 heteroatoms. The van der Waals surface area contributed by atoms with Gasteiger partial charge >= 0.3 is 5.97 Å². The van der Waals surface area contributed by atoms with E-state index in [2.05, 4.69) is 37.9 Å². The van der Waals surface area contributed by atoms with Crippen molar-refractivity contribution in [2.75, 3.05) is 0 Å². The summed E-state index contributed by atoms with van der Waals surface area (Å²) in [4.78, 5) is 12.7. The molecule has 0 spiro atoms. The van der Waals surface area contributed by atoms with Gasteiger partial charge in [-0.1, -0.05) is 27.7 Å². The smallest absolute Gasteiger partial charge is 0.336 e. The summed E-state index contributed by atoms with van der Waals surface area (Å²) in [5, 5.41) is 18.1. The van der Waals surface area contributed by atoms with Gasteiger partial charge in [-0.2, -0.15) is 5.26 Å². The lowest BCUT2D eigenvalue weighted by Crippen LogP contribution is -1.98. The molecule has 2 aromatic carbocycles. The van der Waals surface area contributed by atoms with Crippen molar-refractivity contribution in [1.29, 1.82) is 5.26 Å². The van der Waals surface area contributed by atoms with Crippen LogP contribution in [-0.2, 0) is 0 Å². The Morgan fingerprint density at radius 3 is 2.55 bits per heavy atom. The van der Waals surface area contributed by atoms with Gasteiger partial charge in [-0.3, -0.25) is 0 Å². The number of benzene rings is 2. The molecule has 0 fully saturated rings. The first kappa shape index (κ1) is 15.1. The summed E-state index contributed by atoms with van der Waals surface area (Å²) in [5.41, 5.74) is 0.792. The molecule has 2 aromatic rings. The predicted molar refractivity (Wildman–Crippen MR) is 84.1 cm³/mol. The molecule has 2 rings (SSSR count). The largest absolute Gasteiger partial charge is 0.478 e. The third-order valence-corrected chi connectivity index (χ3v) is 4.66. The average molecular weight is 413 g/mol. The molecule has 0 aromatic heterocycles. The third-order valence-electron chi connectivity index (χ3n) is 2.46. The molecular formula is C14H7Br2NO2S. The zero-order chi connectivity index (χ0) is 14.7. The first-order chi connectivity index (χ1) is 9.51. The number of hydrogen-bond acceptors (Lipinski definition) is 3. The molecule has 0 amide bonds.